The molecule has 4 atom stereocenters. The molecule has 3 rings (SSSR count). The SMILES string of the molecule is C[C@]1([C@H]2CC[C@@]3(C)O[C@H]3C2)CO1. The van der Waals surface area contributed by atoms with Gasteiger partial charge in [-0.2, -0.15) is 0 Å². The summed E-state index contributed by atoms with van der Waals surface area (Å²) in [5.74, 6) is 0.762. The van der Waals surface area contributed by atoms with Gasteiger partial charge in [0.1, 0.15) is 0 Å². The molecule has 0 spiro atoms. The van der Waals surface area contributed by atoms with Gasteiger partial charge in [0, 0.05) is 0 Å². The van der Waals surface area contributed by atoms with Crippen LogP contribution in [0.5, 0.6) is 0 Å². The lowest BCUT2D eigenvalue weighted by Gasteiger charge is -2.25. The topological polar surface area (TPSA) is 25.1 Å². The lowest BCUT2D eigenvalue weighted by atomic mass is 9.77. The minimum absolute atomic E-state index is 0.229. The molecule has 2 heteroatoms. The molecular formula is C10H16O2. The smallest absolute Gasteiger partial charge is 0.0920 e. The van der Waals surface area contributed by atoms with Crippen molar-refractivity contribution in [1.82, 2.24) is 0 Å². The van der Waals surface area contributed by atoms with E-state index in [-0.39, 0.29) is 11.2 Å². The number of hydrogen-bond donors (Lipinski definition) is 0. The fourth-order valence-electron chi connectivity index (χ4n) is 2.55. The van der Waals surface area contributed by atoms with Crippen LogP contribution in [0.3, 0.4) is 0 Å². The minimum atomic E-state index is 0.229. The molecule has 3 fully saturated rings. The van der Waals surface area contributed by atoms with Crippen molar-refractivity contribution in [3.63, 3.8) is 0 Å². The maximum Gasteiger partial charge on any atom is 0.0920 e. The van der Waals surface area contributed by atoms with Crippen LogP contribution in [-0.4, -0.2) is 23.9 Å². The molecule has 1 saturated carbocycles. The fourth-order valence-corrected chi connectivity index (χ4v) is 2.55. The van der Waals surface area contributed by atoms with E-state index in [4.69, 9.17) is 9.47 Å². The molecule has 0 N–H and O–H groups in total. The van der Waals surface area contributed by atoms with Crippen molar-refractivity contribution in [3.05, 3.63) is 0 Å². The second kappa shape index (κ2) is 1.88. The maximum atomic E-state index is 5.66. The Morgan fingerprint density at radius 2 is 2.00 bits per heavy atom. The second-order valence-electron chi connectivity index (χ2n) is 4.99. The first-order chi connectivity index (χ1) is 5.62. The van der Waals surface area contributed by atoms with Crippen molar-refractivity contribution < 1.29 is 9.47 Å². The van der Waals surface area contributed by atoms with Gasteiger partial charge in [-0.1, -0.05) is 0 Å². The zero-order chi connectivity index (χ0) is 8.40. The van der Waals surface area contributed by atoms with Gasteiger partial charge in [-0.3, -0.25) is 0 Å². The van der Waals surface area contributed by atoms with Crippen molar-refractivity contribution in [3.8, 4) is 0 Å². The van der Waals surface area contributed by atoms with Gasteiger partial charge < -0.3 is 9.47 Å². The molecule has 0 aromatic carbocycles. The molecule has 0 radical (unpaired) electrons. The first-order valence-corrected chi connectivity index (χ1v) is 4.94. The lowest BCUT2D eigenvalue weighted by molar-refractivity contribution is 0.191. The average molecular weight is 168 g/mol. The van der Waals surface area contributed by atoms with Crippen LogP contribution < -0.4 is 0 Å². The highest BCUT2D eigenvalue weighted by atomic mass is 16.6. The molecular weight excluding hydrogens is 152 g/mol. The predicted octanol–water partition coefficient (Wildman–Crippen LogP) is 1.73. The van der Waals surface area contributed by atoms with Crippen LogP contribution in [0.4, 0.5) is 0 Å². The van der Waals surface area contributed by atoms with Crippen LogP contribution in [-0.2, 0) is 9.47 Å². The molecule has 1 aliphatic carbocycles. The monoisotopic (exact) mass is 168 g/mol. The summed E-state index contributed by atoms with van der Waals surface area (Å²) in [7, 11) is 0. The molecule has 2 nitrogen and oxygen atoms in total. The predicted molar refractivity (Wildman–Crippen MR) is 45.0 cm³/mol. The zero-order valence-corrected chi connectivity index (χ0v) is 7.80. The first-order valence-electron chi connectivity index (χ1n) is 4.94. The average Bonchev–Trinajstić information content (AvgIpc) is 2.86. The molecule has 12 heavy (non-hydrogen) atoms. The van der Waals surface area contributed by atoms with Crippen LogP contribution in [0.25, 0.3) is 0 Å². The summed E-state index contributed by atoms with van der Waals surface area (Å²) in [6.07, 6.45) is 4.31. The van der Waals surface area contributed by atoms with Gasteiger partial charge in [0.25, 0.3) is 0 Å². The van der Waals surface area contributed by atoms with Crippen molar-refractivity contribution in [2.24, 2.45) is 5.92 Å². The van der Waals surface area contributed by atoms with Gasteiger partial charge >= 0.3 is 0 Å². The van der Waals surface area contributed by atoms with Crippen LogP contribution in [0, 0.1) is 5.92 Å². The number of epoxide rings is 2. The summed E-state index contributed by atoms with van der Waals surface area (Å²) in [6.45, 7) is 5.45. The molecule has 0 unspecified atom stereocenters. The molecule has 3 aliphatic rings. The van der Waals surface area contributed by atoms with Gasteiger partial charge in [-0.25, -0.2) is 0 Å². The van der Waals surface area contributed by atoms with Gasteiger partial charge in [0.15, 0.2) is 0 Å². The highest BCUT2D eigenvalue weighted by molar-refractivity contribution is 5.08. The van der Waals surface area contributed by atoms with Crippen LogP contribution in [0.15, 0.2) is 0 Å². The highest BCUT2D eigenvalue weighted by Gasteiger charge is 2.60. The van der Waals surface area contributed by atoms with E-state index < -0.39 is 0 Å². The summed E-state index contributed by atoms with van der Waals surface area (Å²) in [5, 5.41) is 0. The molecule has 0 amide bonds. The Hall–Kier alpha value is -0.0800. The van der Waals surface area contributed by atoms with Gasteiger partial charge in [0.05, 0.1) is 23.9 Å². The zero-order valence-electron chi connectivity index (χ0n) is 7.80. The highest BCUT2D eigenvalue weighted by Crippen LogP contribution is 2.54. The van der Waals surface area contributed by atoms with Gasteiger partial charge in [-0.15, -0.1) is 0 Å². The van der Waals surface area contributed by atoms with Crippen LogP contribution >= 0.6 is 0 Å². The largest absolute Gasteiger partial charge is 0.370 e. The molecule has 2 heterocycles. The molecule has 2 saturated heterocycles. The summed E-state index contributed by atoms with van der Waals surface area (Å²) < 4.78 is 11.1. The third-order valence-corrected chi connectivity index (χ3v) is 3.99. The molecule has 2 aliphatic heterocycles. The summed E-state index contributed by atoms with van der Waals surface area (Å²) in [5.41, 5.74) is 0.495. The molecule has 68 valence electrons. The standard InChI is InChI=1S/C10H16O2/c1-9-4-3-7(5-8(9)12-9)10(2)6-11-10/h7-8H,3-6H2,1-2H3/t7-,8-,9+,10+/m0/s1. The van der Waals surface area contributed by atoms with Crippen molar-refractivity contribution in [2.45, 2.75) is 50.4 Å². The molecule has 0 aromatic rings. The summed E-state index contributed by atoms with van der Waals surface area (Å²) in [6, 6.07) is 0. The Balaban J connectivity index is 1.70. The van der Waals surface area contributed by atoms with Crippen molar-refractivity contribution in [2.75, 3.05) is 6.61 Å². The minimum Gasteiger partial charge on any atom is -0.370 e. The van der Waals surface area contributed by atoms with E-state index >= 15 is 0 Å². The third-order valence-electron chi connectivity index (χ3n) is 3.99. The van der Waals surface area contributed by atoms with E-state index in [1.165, 1.54) is 19.3 Å². The summed E-state index contributed by atoms with van der Waals surface area (Å²) in [4.78, 5) is 0. The van der Waals surface area contributed by atoms with E-state index in [1.807, 2.05) is 0 Å². The summed E-state index contributed by atoms with van der Waals surface area (Å²) >= 11 is 0. The first kappa shape index (κ1) is 7.34. The van der Waals surface area contributed by atoms with E-state index in [0.29, 0.717) is 6.10 Å². The fraction of sp³-hybridized carbons (Fsp3) is 1.00. The quantitative estimate of drug-likeness (QED) is 0.557. The second-order valence-corrected chi connectivity index (χ2v) is 4.99. The Morgan fingerprint density at radius 1 is 1.25 bits per heavy atom. The number of rotatable bonds is 1. The van der Waals surface area contributed by atoms with Crippen molar-refractivity contribution in [1.29, 1.82) is 0 Å². The number of hydrogen-bond acceptors (Lipinski definition) is 2. The van der Waals surface area contributed by atoms with Crippen molar-refractivity contribution >= 4 is 0 Å². The van der Waals surface area contributed by atoms with E-state index in [9.17, 15) is 0 Å². The van der Waals surface area contributed by atoms with Gasteiger partial charge in [-0.05, 0) is 39.0 Å². The van der Waals surface area contributed by atoms with E-state index in [0.717, 1.165) is 12.5 Å². The lowest BCUT2D eigenvalue weighted by Crippen LogP contribution is -2.29. The van der Waals surface area contributed by atoms with E-state index in [2.05, 4.69) is 13.8 Å². The Morgan fingerprint density at radius 3 is 2.58 bits per heavy atom. The normalized spacial score (nSPS) is 62.5. The van der Waals surface area contributed by atoms with E-state index in [1.54, 1.807) is 0 Å². The van der Waals surface area contributed by atoms with Crippen LogP contribution in [0.2, 0.25) is 0 Å². The Kier molecular flexibility index (Phi) is 1.15. The number of ether oxygens (including phenoxy) is 2. The third kappa shape index (κ3) is 0.882. The van der Waals surface area contributed by atoms with Gasteiger partial charge in [0.2, 0.25) is 0 Å². The molecule has 0 aromatic heterocycles. The Labute approximate surface area is 73.2 Å². The Bertz CT molecular complexity index is 222. The van der Waals surface area contributed by atoms with Crippen LogP contribution in [0.1, 0.15) is 33.1 Å². The number of fused-ring (bicyclic) bond motifs is 1. The molecule has 0 bridgehead atoms. The maximum absolute atomic E-state index is 5.66.